The summed E-state index contributed by atoms with van der Waals surface area (Å²) < 4.78 is 4.95. The van der Waals surface area contributed by atoms with E-state index in [1.807, 2.05) is 0 Å². The van der Waals surface area contributed by atoms with Gasteiger partial charge in [0, 0.05) is 54.9 Å². The molecule has 0 bridgehead atoms. The molecule has 0 radical (unpaired) electrons. The second kappa shape index (κ2) is 14.0. The predicted molar refractivity (Wildman–Crippen MR) is 292 cm³/mol. The molecule has 3 aromatic heterocycles. The molecule has 0 unspecified atom stereocenters. The van der Waals surface area contributed by atoms with Crippen LogP contribution in [0.5, 0.6) is 0 Å². The third-order valence-electron chi connectivity index (χ3n) is 16.1. The van der Waals surface area contributed by atoms with Crippen LogP contribution in [0.15, 0.2) is 206 Å². The smallest absolute Gasteiger partial charge is 0.0973 e. The SMILES string of the molecule is CC1(C)c2ccccc2-c2ccc(-c3nc4ccc(-n5c6ccccc6c6ccc7c8c9ccccc9ccc8n(-c8ccccc8)c7c65)cc4nc3-c3ccc4c(c3)C(C)(C)c3ccccc3-4)cc21. The number of fused-ring (bicyclic) bond motifs is 16. The molecule has 330 valence electrons. The molecule has 0 saturated heterocycles. The molecule has 4 nitrogen and oxygen atoms in total. The molecule has 2 aliphatic rings. The van der Waals surface area contributed by atoms with Crippen molar-refractivity contribution in [1.82, 2.24) is 19.1 Å². The molecule has 0 N–H and O–H groups in total. The van der Waals surface area contributed by atoms with Crippen molar-refractivity contribution < 1.29 is 0 Å². The highest BCUT2D eigenvalue weighted by atomic mass is 15.0. The lowest BCUT2D eigenvalue weighted by atomic mass is 9.81. The Morgan fingerprint density at radius 1 is 0.343 bits per heavy atom. The van der Waals surface area contributed by atoms with Crippen LogP contribution in [0.25, 0.3) is 122 Å². The molecular formula is C66H46N4. The van der Waals surface area contributed by atoms with E-state index in [9.17, 15) is 0 Å². The largest absolute Gasteiger partial charge is 0.307 e. The summed E-state index contributed by atoms with van der Waals surface area (Å²) in [5, 5.41) is 7.38. The van der Waals surface area contributed by atoms with Crippen LogP contribution < -0.4 is 0 Å². The van der Waals surface area contributed by atoms with E-state index < -0.39 is 0 Å². The van der Waals surface area contributed by atoms with Crippen molar-refractivity contribution in [3.63, 3.8) is 0 Å². The average molecular weight is 895 g/mol. The van der Waals surface area contributed by atoms with Crippen LogP contribution in [0.1, 0.15) is 49.9 Å². The fraction of sp³-hybridized carbons (Fsp3) is 0.0909. The van der Waals surface area contributed by atoms with Gasteiger partial charge in [-0.2, -0.15) is 0 Å². The first kappa shape index (κ1) is 39.4. The summed E-state index contributed by atoms with van der Waals surface area (Å²) in [6, 6.07) is 76.0. The summed E-state index contributed by atoms with van der Waals surface area (Å²) >= 11 is 0. The Labute approximate surface area is 405 Å². The van der Waals surface area contributed by atoms with Gasteiger partial charge in [-0.1, -0.05) is 179 Å². The third kappa shape index (κ3) is 5.25. The van der Waals surface area contributed by atoms with Crippen LogP contribution in [-0.2, 0) is 10.8 Å². The van der Waals surface area contributed by atoms with Crippen molar-refractivity contribution in [1.29, 1.82) is 0 Å². The van der Waals surface area contributed by atoms with Crippen LogP contribution in [0.4, 0.5) is 0 Å². The number of benzene rings is 10. The number of rotatable bonds is 4. The van der Waals surface area contributed by atoms with Gasteiger partial charge >= 0.3 is 0 Å². The van der Waals surface area contributed by atoms with Gasteiger partial charge in [0.25, 0.3) is 0 Å². The lowest BCUT2D eigenvalue weighted by Crippen LogP contribution is -2.15. The van der Waals surface area contributed by atoms with Gasteiger partial charge in [0.1, 0.15) is 0 Å². The zero-order valence-corrected chi connectivity index (χ0v) is 39.4. The Hall–Kier alpha value is -8.60. The van der Waals surface area contributed by atoms with Gasteiger partial charge in [-0.3, -0.25) is 0 Å². The van der Waals surface area contributed by atoms with E-state index in [-0.39, 0.29) is 10.8 Å². The van der Waals surface area contributed by atoms with E-state index in [0.29, 0.717) is 0 Å². The fourth-order valence-electron chi connectivity index (χ4n) is 12.7. The first-order valence-corrected chi connectivity index (χ1v) is 24.5. The lowest BCUT2D eigenvalue weighted by Gasteiger charge is -2.23. The van der Waals surface area contributed by atoms with Crippen LogP contribution in [0, 0.1) is 0 Å². The van der Waals surface area contributed by atoms with Gasteiger partial charge < -0.3 is 9.13 Å². The molecule has 13 aromatic rings. The Kier molecular flexibility index (Phi) is 7.88. The minimum Gasteiger partial charge on any atom is -0.307 e. The molecule has 0 atom stereocenters. The first-order chi connectivity index (χ1) is 34.2. The van der Waals surface area contributed by atoms with Crippen molar-refractivity contribution in [2.45, 2.75) is 38.5 Å². The molecule has 0 amide bonds. The summed E-state index contributed by atoms with van der Waals surface area (Å²) in [7, 11) is 0. The van der Waals surface area contributed by atoms with Crippen molar-refractivity contribution >= 4 is 65.4 Å². The average Bonchev–Trinajstić information content (AvgIpc) is 4.07. The fourth-order valence-corrected chi connectivity index (χ4v) is 12.7. The van der Waals surface area contributed by atoms with Gasteiger partial charge in [-0.15, -0.1) is 0 Å². The van der Waals surface area contributed by atoms with E-state index in [1.54, 1.807) is 0 Å². The molecule has 10 aromatic carbocycles. The summed E-state index contributed by atoms with van der Waals surface area (Å²) in [6.07, 6.45) is 0. The van der Waals surface area contributed by atoms with Gasteiger partial charge in [-0.05, 0) is 110 Å². The summed E-state index contributed by atoms with van der Waals surface area (Å²) in [5.74, 6) is 0. The number of para-hydroxylation sites is 2. The number of nitrogens with zero attached hydrogens (tertiary/aromatic N) is 4. The normalized spacial score (nSPS) is 14.2. The van der Waals surface area contributed by atoms with Crippen molar-refractivity contribution in [2.75, 3.05) is 0 Å². The van der Waals surface area contributed by atoms with Crippen molar-refractivity contribution in [3.05, 3.63) is 229 Å². The Morgan fingerprint density at radius 2 is 0.886 bits per heavy atom. The topological polar surface area (TPSA) is 35.6 Å². The lowest BCUT2D eigenvalue weighted by molar-refractivity contribution is 0.660. The first-order valence-electron chi connectivity index (χ1n) is 24.5. The van der Waals surface area contributed by atoms with Gasteiger partial charge in [0.15, 0.2) is 0 Å². The van der Waals surface area contributed by atoms with E-state index in [4.69, 9.17) is 9.97 Å². The molecule has 0 saturated carbocycles. The summed E-state index contributed by atoms with van der Waals surface area (Å²) in [6.45, 7) is 9.40. The van der Waals surface area contributed by atoms with E-state index in [0.717, 1.165) is 56.0 Å². The van der Waals surface area contributed by atoms with E-state index >= 15 is 0 Å². The monoisotopic (exact) mass is 894 g/mol. The number of aromatic nitrogens is 4. The molecule has 0 fully saturated rings. The van der Waals surface area contributed by atoms with Crippen LogP contribution in [0.2, 0.25) is 0 Å². The van der Waals surface area contributed by atoms with Crippen molar-refractivity contribution in [3.8, 4) is 56.1 Å². The van der Waals surface area contributed by atoms with Crippen molar-refractivity contribution in [2.24, 2.45) is 0 Å². The quantitative estimate of drug-likeness (QED) is 0.176. The van der Waals surface area contributed by atoms with Crippen LogP contribution in [0.3, 0.4) is 0 Å². The summed E-state index contributed by atoms with van der Waals surface area (Å²) in [4.78, 5) is 11.4. The van der Waals surface area contributed by atoms with Crippen LogP contribution in [-0.4, -0.2) is 19.1 Å². The van der Waals surface area contributed by atoms with Crippen LogP contribution >= 0.6 is 0 Å². The Morgan fingerprint density at radius 3 is 1.59 bits per heavy atom. The highest BCUT2D eigenvalue weighted by molar-refractivity contribution is 6.28. The highest BCUT2D eigenvalue weighted by Crippen LogP contribution is 2.52. The van der Waals surface area contributed by atoms with E-state index in [1.165, 1.54) is 87.9 Å². The second-order valence-electron chi connectivity index (χ2n) is 20.5. The highest BCUT2D eigenvalue weighted by Gasteiger charge is 2.37. The molecule has 2 aliphatic carbocycles. The van der Waals surface area contributed by atoms with Gasteiger partial charge in [0.05, 0.1) is 44.5 Å². The molecule has 0 aliphatic heterocycles. The summed E-state index contributed by atoms with van der Waals surface area (Å²) in [5.41, 5.74) is 22.7. The van der Waals surface area contributed by atoms with Gasteiger partial charge in [0.2, 0.25) is 0 Å². The Balaban J connectivity index is 1.00. The van der Waals surface area contributed by atoms with E-state index in [2.05, 4.69) is 243 Å². The zero-order valence-electron chi connectivity index (χ0n) is 39.4. The second-order valence-corrected chi connectivity index (χ2v) is 20.5. The minimum atomic E-state index is -0.167. The molecule has 15 rings (SSSR count). The number of hydrogen-bond acceptors (Lipinski definition) is 2. The maximum absolute atomic E-state index is 5.76. The van der Waals surface area contributed by atoms with Gasteiger partial charge in [-0.25, -0.2) is 9.97 Å². The standard InChI is InChI=1S/C66H46N4/c1-65(2)52-23-13-10-20-45(52)47-30-26-40(36-54(47)65)61-62(41-27-31-48-46-21-11-14-24-53(46)66(3,4)55(48)37-41)68-57-38-43(29-34-56(57)67-61)70-58-25-15-12-22-49(58)50-32-33-51-60-44-19-9-8-16-39(44)28-35-59(60)69(64(51)63(50)70)42-17-6-5-7-18-42/h5-38H,1-4H3. The molecule has 4 heteroatoms. The molecule has 0 spiro atoms. The molecule has 70 heavy (non-hydrogen) atoms. The molecule has 3 heterocycles. The Bertz CT molecular complexity index is 4410. The maximum atomic E-state index is 5.76. The maximum Gasteiger partial charge on any atom is 0.0973 e. The third-order valence-corrected chi connectivity index (χ3v) is 16.1. The predicted octanol–water partition coefficient (Wildman–Crippen LogP) is 16.9. The minimum absolute atomic E-state index is 0.155. The number of hydrogen-bond donors (Lipinski definition) is 0. The molecular weight excluding hydrogens is 849 g/mol. The zero-order chi connectivity index (χ0) is 46.6.